The van der Waals surface area contributed by atoms with Gasteiger partial charge in [0.1, 0.15) is 16.9 Å². The van der Waals surface area contributed by atoms with Crippen LogP contribution in [0.25, 0.3) is 0 Å². The van der Waals surface area contributed by atoms with E-state index in [0.29, 0.717) is 32.0 Å². The first kappa shape index (κ1) is 24.6. The number of hydrogen-bond donors (Lipinski definition) is 2. The van der Waals surface area contributed by atoms with Gasteiger partial charge in [-0.3, -0.25) is 14.4 Å². The Morgan fingerprint density at radius 2 is 1.85 bits per heavy atom. The van der Waals surface area contributed by atoms with Gasteiger partial charge in [-0.25, -0.2) is 4.39 Å². The van der Waals surface area contributed by atoms with E-state index in [1.807, 2.05) is 0 Å². The van der Waals surface area contributed by atoms with Crippen LogP contribution in [0.5, 0.6) is 0 Å². The second kappa shape index (κ2) is 11.7. The molecule has 1 fully saturated rings. The van der Waals surface area contributed by atoms with Crippen LogP contribution in [0.1, 0.15) is 59.4 Å². The van der Waals surface area contributed by atoms with Crippen LogP contribution in [0, 0.1) is 11.7 Å². The summed E-state index contributed by atoms with van der Waals surface area (Å²) in [7, 11) is 0. The molecule has 1 atom stereocenters. The topological polar surface area (TPSA) is 89.4 Å². The molecule has 1 aromatic carbocycles. The Morgan fingerprint density at radius 3 is 2.45 bits per heavy atom. The Morgan fingerprint density at radius 1 is 1.15 bits per heavy atom. The monoisotopic (exact) mass is 457 g/mol. The highest BCUT2D eigenvalue weighted by Gasteiger charge is 2.22. The van der Waals surface area contributed by atoms with E-state index in [9.17, 15) is 18.8 Å². The van der Waals surface area contributed by atoms with Crippen LogP contribution in [0.15, 0.2) is 41.5 Å². The number of amides is 2. The molecule has 178 valence electrons. The van der Waals surface area contributed by atoms with E-state index < -0.39 is 17.2 Å². The van der Waals surface area contributed by atoms with Gasteiger partial charge in [-0.1, -0.05) is 26.0 Å². The molecule has 8 heteroatoms. The van der Waals surface area contributed by atoms with E-state index in [2.05, 4.69) is 24.5 Å². The predicted molar refractivity (Wildman–Crippen MR) is 124 cm³/mol. The van der Waals surface area contributed by atoms with Crippen molar-refractivity contribution in [2.75, 3.05) is 19.7 Å². The van der Waals surface area contributed by atoms with Crippen molar-refractivity contribution in [3.8, 4) is 0 Å². The number of aromatic nitrogens is 1. The molecule has 0 saturated carbocycles. The van der Waals surface area contributed by atoms with Crippen LogP contribution in [0.3, 0.4) is 0 Å². The summed E-state index contributed by atoms with van der Waals surface area (Å²) in [5.41, 5.74) is -0.0217. The van der Waals surface area contributed by atoms with Crippen molar-refractivity contribution in [1.29, 1.82) is 0 Å². The van der Waals surface area contributed by atoms with E-state index >= 15 is 0 Å². The van der Waals surface area contributed by atoms with Crippen LogP contribution in [0.4, 0.5) is 4.39 Å². The van der Waals surface area contributed by atoms with Crippen molar-refractivity contribution in [2.45, 2.75) is 52.2 Å². The molecule has 2 amide bonds. The average Bonchev–Trinajstić information content (AvgIpc) is 3.27. The van der Waals surface area contributed by atoms with Crippen molar-refractivity contribution in [3.63, 3.8) is 0 Å². The zero-order valence-corrected chi connectivity index (χ0v) is 19.2. The predicted octanol–water partition coefficient (Wildman–Crippen LogP) is 2.91. The maximum Gasteiger partial charge on any atom is 0.256 e. The van der Waals surface area contributed by atoms with Crippen LogP contribution in [-0.2, 0) is 17.7 Å². The van der Waals surface area contributed by atoms with Gasteiger partial charge in [0.05, 0.1) is 6.10 Å². The Labute approximate surface area is 193 Å². The minimum Gasteiger partial charge on any atom is -0.376 e. The molecule has 3 rings (SSSR count). The lowest BCUT2D eigenvalue weighted by Gasteiger charge is -2.16. The van der Waals surface area contributed by atoms with Gasteiger partial charge in [0.15, 0.2) is 0 Å². The number of nitrogens with one attached hydrogen (secondary N) is 2. The smallest absolute Gasteiger partial charge is 0.256 e. The Kier molecular flexibility index (Phi) is 8.77. The molecule has 1 unspecified atom stereocenters. The number of nitrogens with zero attached hydrogens (tertiary/aromatic N) is 1. The molecule has 7 nitrogen and oxygen atoms in total. The minimum absolute atomic E-state index is 0.0201. The summed E-state index contributed by atoms with van der Waals surface area (Å²) in [6.07, 6.45) is 6.01. The number of carbonyl (C=O) groups excluding carboxylic acids is 2. The number of benzene rings is 1. The van der Waals surface area contributed by atoms with Gasteiger partial charge in [0.2, 0.25) is 5.43 Å². The van der Waals surface area contributed by atoms with Gasteiger partial charge in [0, 0.05) is 38.6 Å². The number of ether oxygens (including phenoxy) is 1. The molecule has 0 radical (unpaired) electrons. The summed E-state index contributed by atoms with van der Waals surface area (Å²) >= 11 is 0. The molecule has 2 heterocycles. The molecule has 0 bridgehead atoms. The summed E-state index contributed by atoms with van der Waals surface area (Å²) in [4.78, 5) is 38.5. The fourth-order valence-electron chi connectivity index (χ4n) is 3.76. The molecular formula is C25H32FN3O4. The Hall–Kier alpha value is -3.00. The van der Waals surface area contributed by atoms with E-state index in [1.165, 1.54) is 24.5 Å². The number of carbonyl (C=O) groups is 2. The first-order valence-corrected chi connectivity index (χ1v) is 11.5. The van der Waals surface area contributed by atoms with Gasteiger partial charge in [-0.2, -0.15) is 0 Å². The molecular weight excluding hydrogens is 425 g/mol. The van der Waals surface area contributed by atoms with Gasteiger partial charge in [-0.15, -0.1) is 0 Å². The third-order valence-corrected chi connectivity index (χ3v) is 5.60. The van der Waals surface area contributed by atoms with Crippen LogP contribution < -0.4 is 16.1 Å². The van der Waals surface area contributed by atoms with Crippen molar-refractivity contribution in [1.82, 2.24) is 15.2 Å². The van der Waals surface area contributed by atoms with E-state index in [1.54, 1.807) is 16.7 Å². The number of pyridine rings is 1. The van der Waals surface area contributed by atoms with Crippen molar-refractivity contribution < 1.29 is 18.7 Å². The summed E-state index contributed by atoms with van der Waals surface area (Å²) in [5, 5.41) is 5.49. The highest BCUT2D eigenvalue weighted by atomic mass is 19.1. The minimum atomic E-state index is -0.608. The second-order valence-corrected chi connectivity index (χ2v) is 8.82. The Balaban J connectivity index is 1.76. The lowest BCUT2D eigenvalue weighted by molar-refractivity contribution is 0.0925. The van der Waals surface area contributed by atoms with E-state index in [0.717, 1.165) is 24.8 Å². The molecule has 1 aliphatic rings. The molecule has 1 aromatic heterocycles. The molecule has 0 aliphatic carbocycles. The molecule has 1 aliphatic heterocycles. The summed E-state index contributed by atoms with van der Waals surface area (Å²) in [5.74, 6) is -0.978. The quantitative estimate of drug-likeness (QED) is 0.574. The fourth-order valence-corrected chi connectivity index (χ4v) is 3.76. The average molecular weight is 458 g/mol. The molecule has 2 N–H and O–H groups in total. The zero-order valence-electron chi connectivity index (χ0n) is 19.2. The lowest BCUT2D eigenvalue weighted by atomic mass is 10.1. The van der Waals surface area contributed by atoms with Crippen LogP contribution in [0.2, 0.25) is 0 Å². The summed E-state index contributed by atoms with van der Waals surface area (Å²) < 4.78 is 20.7. The summed E-state index contributed by atoms with van der Waals surface area (Å²) in [6.45, 7) is 5.92. The maximum atomic E-state index is 13.4. The van der Waals surface area contributed by atoms with Gasteiger partial charge in [0.25, 0.3) is 11.8 Å². The van der Waals surface area contributed by atoms with Crippen molar-refractivity contribution >= 4 is 11.8 Å². The highest BCUT2D eigenvalue weighted by molar-refractivity contribution is 5.99. The third-order valence-electron chi connectivity index (χ3n) is 5.60. The van der Waals surface area contributed by atoms with Crippen molar-refractivity contribution in [3.05, 3.63) is 69.4 Å². The van der Waals surface area contributed by atoms with Crippen LogP contribution >= 0.6 is 0 Å². The second-order valence-electron chi connectivity index (χ2n) is 8.82. The first-order valence-electron chi connectivity index (χ1n) is 11.5. The zero-order chi connectivity index (χ0) is 23.8. The fraction of sp³-hybridized carbons (Fsp3) is 0.480. The Bertz CT molecular complexity index is 1030. The van der Waals surface area contributed by atoms with Gasteiger partial charge < -0.3 is 19.9 Å². The molecule has 2 aromatic rings. The normalized spacial score (nSPS) is 15.6. The molecule has 1 saturated heterocycles. The molecule has 0 spiro atoms. The first-order chi connectivity index (χ1) is 15.8. The molecule has 33 heavy (non-hydrogen) atoms. The standard InChI is InChI=1S/C25H32FN3O4/c1-17(2)8-10-27-24(31)21-15-29(14-20-7-4-12-33-20)16-22(23(21)30)25(32)28-11-9-18-5-3-6-19(26)13-18/h3,5-6,13,15-17,20H,4,7-12,14H2,1-2H3,(H,27,31)(H,28,32). The maximum absolute atomic E-state index is 13.4. The third kappa shape index (κ3) is 7.25. The SMILES string of the molecule is CC(C)CCNC(=O)c1cn(CC2CCCO2)cc(C(=O)NCCc2cccc(F)c2)c1=O. The highest BCUT2D eigenvalue weighted by Crippen LogP contribution is 2.14. The van der Waals surface area contributed by atoms with Gasteiger partial charge >= 0.3 is 0 Å². The van der Waals surface area contributed by atoms with E-state index in [-0.39, 0.29) is 29.6 Å². The summed E-state index contributed by atoms with van der Waals surface area (Å²) in [6, 6.07) is 6.14. The van der Waals surface area contributed by atoms with Crippen molar-refractivity contribution in [2.24, 2.45) is 5.92 Å². The van der Waals surface area contributed by atoms with Crippen LogP contribution in [-0.4, -0.2) is 42.2 Å². The number of halogens is 1. The number of hydrogen-bond acceptors (Lipinski definition) is 4. The number of rotatable bonds is 10. The van der Waals surface area contributed by atoms with Gasteiger partial charge in [-0.05, 0) is 49.3 Å². The van der Waals surface area contributed by atoms with E-state index in [4.69, 9.17) is 4.74 Å². The lowest BCUT2D eigenvalue weighted by Crippen LogP contribution is -2.36. The largest absolute Gasteiger partial charge is 0.376 e.